The van der Waals surface area contributed by atoms with Gasteiger partial charge in [-0.3, -0.25) is 9.59 Å². The van der Waals surface area contributed by atoms with Crippen molar-refractivity contribution in [2.24, 2.45) is 5.92 Å². The number of halogens is 1. The average Bonchev–Trinajstić information content (AvgIpc) is 2.81. The predicted octanol–water partition coefficient (Wildman–Crippen LogP) is 0.941. The summed E-state index contributed by atoms with van der Waals surface area (Å²) < 4.78 is 18.0. The van der Waals surface area contributed by atoms with Crippen molar-refractivity contribution in [3.8, 4) is 0 Å². The SMILES string of the molecule is COCCNC(=O)C1CCN(c2cccc(F)c2)C1=O. The number of hydrogen-bond acceptors (Lipinski definition) is 3. The lowest BCUT2D eigenvalue weighted by Gasteiger charge is -2.16. The lowest BCUT2D eigenvalue weighted by molar-refractivity contribution is -0.132. The average molecular weight is 280 g/mol. The summed E-state index contributed by atoms with van der Waals surface area (Å²) in [6.45, 7) is 1.20. The van der Waals surface area contributed by atoms with Crippen LogP contribution >= 0.6 is 0 Å². The van der Waals surface area contributed by atoms with E-state index in [4.69, 9.17) is 4.74 Å². The number of carbonyl (C=O) groups is 2. The molecule has 1 unspecified atom stereocenters. The van der Waals surface area contributed by atoms with Crippen molar-refractivity contribution in [3.63, 3.8) is 0 Å². The maximum atomic E-state index is 13.2. The van der Waals surface area contributed by atoms with Gasteiger partial charge in [0.1, 0.15) is 11.7 Å². The molecule has 0 bridgehead atoms. The highest BCUT2D eigenvalue weighted by Gasteiger charge is 2.37. The van der Waals surface area contributed by atoms with E-state index in [1.54, 1.807) is 19.2 Å². The van der Waals surface area contributed by atoms with Gasteiger partial charge >= 0.3 is 0 Å². The Labute approximate surface area is 116 Å². The molecule has 6 heteroatoms. The topological polar surface area (TPSA) is 58.6 Å². The molecule has 1 N–H and O–H groups in total. The molecule has 0 spiro atoms. The second-order valence-corrected chi connectivity index (χ2v) is 4.59. The van der Waals surface area contributed by atoms with Crippen molar-refractivity contribution >= 4 is 17.5 Å². The second kappa shape index (κ2) is 6.47. The zero-order valence-electron chi connectivity index (χ0n) is 11.3. The standard InChI is InChI=1S/C14H17FN2O3/c1-20-8-6-16-13(18)12-5-7-17(14(12)19)11-4-2-3-10(15)9-11/h2-4,9,12H,5-8H2,1H3,(H,16,18). The van der Waals surface area contributed by atoms with Gasteiger partial charge in [0.05, 0.1) is 6.61 Å². The normalized spacial score (nSPS) is 18.4. The number of ether oxygens (including phenoxy) is 1. The maximum Gasteiger partial charge on any atom is 0.239 e. The van der Waals surface area contributed by atoms with Gasteiger partial charge in [-0.05, 0) is 24.6 Å². The van der Waals surface area contributed by atoms with E-state index in [-0.39, 0.29) is 11.8 Å². The monoisotopic (exact) mass is 280 g/mol. The summed E-state index contributed by atoms with van der Waals surface area (Å²) in [5.41, 5.74) is 0.488. The fourth-order valence-corrected chi connectivity index (χ4v) is 2.22. The van der Waals surface area contributed by atoms with Crippen molar-refractivity contribution < 1.29 is 18.7 Å². The molecule has 0 aromatic heterocycles. The third kappa shape index (κ3) is 3.14. The molecule has 1 aliphatic rings. The van der Waals surface area contributed by atoms with Gasteiger partial charge in [-0.15, -0.1) is 0 Å². The molecule has 1 heterocycles. The van der Waals surface area contributed by atoms with Gasteiger partial charge in [0, 0.05) is 25.9 Å². The quantitative estimate of drug-likeness (QED) is 0.645. The van der Waals surface area contributed by atoms with Crippen molar-refractivity contribution in [2.75, 3.05) is 31.7 Å². The molecule has 1 aromatic carbocycles. The summed E-state index contributed by atoms with van der Waals surface area (Å²) in [6.07, 6.45) is 0.439. The summed E-state index contributed by atoms with van der Waals surface area (Å²) in [5.74, 6) is -1.69. The van der Waals surface area contributed by atoms with Crippen LogP contribution in [0.1, 0.15) is 6.42 Å². The highest BCUT2D eigenvalue weighted by Crippen LogP contribution is 2.25. The molecule has 2 rings (SSSR count). The van der Waals surface area contributed by atoms with Crippen molar-refractivity contribution in [1.82, 2.24) is 5.32 Å². The number of hydrogen-bond donors (Lipinski definition) is 1. The Hall–Kier alpha value is -1.95. The molecule has 2 amide bonds. The molecule has 0 aliphatic carbocycles. The van der Waals surface area contributed by atoms with Crippen LogP contribution < -0.4 is 10.2 Å². The Morgan fingerprint density at radius 1 is 1.55 bits per heavy atom. The molecule has 1 fully saturated rings. The molecule has 108 valence electrons. The minimum Gasteiger partial charge on any atom is -0.383 e. The number of benzene rings is 1. The number of nitrogens with one attached hydrogen (secondary N) is 1. The van der Waals surface area contributed by atoms with E-state index in [1.165, 1.54) is 17.0 Å². The molecule has 5 nitrogen and oxygen atoms in total. The van der Waals surface area contributed by atoms with E-state index in [0.29, 0.717) is 31.8 Å². The predicted molar refractivity (Wildman–Crippen MR) is 71.7 cm³/mol. The Morgan fingerprint density at radius 2 is 2.35 bits per heavy atom. The first-order valence-electron chi connectivity index (χ1n) is 6.47. The molecule has 0 radical (unpaired) electrons. The van der Waals surface area contributed by atoms with Crippen molar-refractivity contribution in [3.05, 3.63) is 30.1 Å². The first kappa shape index (κ1) is 14.5. The van der Waals surface area contributed by atoms with E-state index >= 15 is 0 Å². The minimum absolute atomic E-state index is 0.287. The Morgan fingerprint density at radius 3 is 3.05 bits per heavy atom. The van der Waals surface area contributed by atoms with Crippen LogP contribution in [0.5, 0.6) is 0 Å². The fourth-order valence-electron chi connectivity index (χ4n) is 2.22. The van der Waals surface area contributed by atoms with Gasteiger partial charge in [-0.25, -0.2) is 4.39 Å². The third-order valence-electron chi connectivity index (χ3n) is 3.25. The van der Waals surface area contributed by atoms with Crippen LogP contribution in [0.4, 0.5) is 10.1 Å². The fraction of sp³-hybridized carbons (Fsp3) is 0.429. The molecule has 1 saturated heterocycles. The number of nitrogens with zero attached hydrogens (tertiary/aromatic N) is 1. The summed E-state index contributed by atoms with van der Waals surface area (Å²) in [7, 11) is 1.54. The Balaban J connectivity index is 2.00. The van der Waals surface area contributed by atoms with Gasteiger partial charge in [0.15, 0.2) is 0 Å². The smallest absolute Gasteiger partial charge is 0.239 e. The van der Waals surface area contributed by atoms with Gasteiger partial charge in [0.2, 0.25) is 11.8 Å². The van der Waals surface area contributed by atoms with Gasteiger partial charge in [-0.2, -0.15) is 0 Å². The summed E-state index contributed by atoms with van der Waals surface area (Å²) >= 11 is 0. The van der Waals surface area contributed by atoms with Crippen molar-refractivity contribution in [2.45, 2.75) is 6.42 Å². The minimum atomic E-state index is -0.699. The van der Waals surface area contributed by atoms with E-state index in [2.05, 4.69) is 5.32 Å². The zero-order valence-corrected chi connectivity index (χ0v) is 11.3. The lowest BCUT2D eigenvalue weighted by Crippen LogP contribution is -2.38. The first-order chi connectivity index (χ1) is 9.63. The second-order valence-electron chi connectivity index (χ2n) is 4.59. The molecule has 20 heavy (non-hydrogen) atoms. The van der Waals surface area contributed by atoms with Crippen LogP contribution in [0.2, 0.25) is 0 Å². The largest absolute Gasteiger partial charge is 0.383 e. The molecular formula is C14H17FN2O3. The van der Waals surface area contributed by atoms with Crippen LogP contribution in [0, 0.1) is 11.7 Å². The van der Waals surface area contributed by atoms with E-state index in [1.807, 2.05) is 0 Å². The summed E-state index contributed by atoms with van der Waals surface area (Å²) in [5, 5.41) is 2.65. The molecule has 1 atom stereocenters. The number of carbonyl (C=O) groups excluding carboxylic acids is 2. The Bertz CT molecular complexity index is 507. The highest BCUT2D eigenvalue weighted by molar-refractivity contribution is 6.09. The number of rotatable bonds is 5. The number of methoxy groups -OCH3 is 1. The number of amides is 2. The number of anilines is 1. The van der Waals surface area contributed by atoms with Crippen molar-refractivity contribution in [1.29, 1.82) is 0 Å². The van der Waals surface area contributed by atoms with E-state index in [9.17, 15) is 14.0 Å². The van der Waals surface area contributed by atoms with Crippen LogP contribution in [-0.4, -0.2) is 38.6 Å². The molecule has 1 aliphatic heterocycles. The van der Waals surface area contributed by atoms with Crippen LogP contribution in [0.25, 0.3) is 0 Å². The van der Waals surface area contributed by atoms with E-state index < -0.39 is 11.7 Å². The zero-order chi connectivity index (χ0) is 14.5. The van der Waals surface area contributed by atoms with E-state index in [0.717, 1.165) is 0 Å². The molecule has 0 saturated carbocycles. The lowest BCUT2D eigenvalue weighted by atomic mass is 10.1. The molecular weight excluding hydrogens is 263 g/mol. The van der Waals surface area contributed by atoms with Crippen LogP contribution in [-0.2, 0) is 14.3 Å². The maximum absolute atomic E-state index is 13.2. The van der Waals surface area contributed by atoms with Crippen LogP contribution in [0.3, 0.4) is 0 Å². The third-order valence-corrected chi connectivity index (χ3v) is 3.25. The first-order valence-corrected chi connectivity index (χ1v) is 6.47. The Kier molecular flexibility index (Phi) is 4.68. The van der Waals surface area contributed by atoms with Crippen LogP contribution in [0.15, 0.2) is 24.3 Å². The highest BCUT2D eigenvalue weighted by atomic mass is 19.1. The van der Waals surface area contributed by atoms with Gasteiger partial charge < -0.3 is 15.0 Å². The summed E-state index contributed by atoms with van der Waals surface area (Å²) in [4.78, 5) is 25.5. The van der Waals surface area contributed by atoms with Gasteiger partial charge in [-0.1, -0.05) is 6.07 Å². The summed E-state index contributed by atoms with van der Waals surface area (Å²) in [6, 6.07) is 5.82. The van der Waals surface area contributed by atoms with Gasteiger partial charge in [0.25, 0.3) is 0 Å². The molecule has 1 aromatic rings.